The Morgan fingerprint density at radius 1 is 0.562 bits per heavy atom. The molecule has 6 aliphatic rings. The number of hydrogen-bond donors (Lipinski definition) is 0. The van der Waals surface area contributed by atoms with Crippen LogP contribution >= 0.6 is 0 Å². The number of hydrogen-bond acceptors (Lipinski definition) is 6. The molecular formula is C33H44F6N2O6S. The number of fused-ring (bicyclic) bond motifs is 2. The third kappa shape index (κ3) is 5.41. The molecule has 0 aromatic heterocycles. The van der Waals surface area contributed by atoms with Crippen LogP contribution in [-0.2, 0) is 29.0 Å². The Balaban J connectivity index is 1.20. The highest BCUT2D eigenvalue weighted by molar-refractivity contribution is 7.92. The van der Waals surface area contributed by atoms with E-state index < -0.39 is 129 Å². The van der Waals surface area contributed by atoms with Crippen LogP contribution in [0.2, 0.25) is 0 Å². The molecule has 4 amide bonds. The summed E-state index contributed by atoms with van der Waals surface area (Å²) in [6.45, 7) is 2.09. The molecule has 2 heterocycles. The number of amides is 4. The van der Waals surface area contributed by atoms with Gasteiger partial charge in [0, 0.05) is 13.1 Å². The van der Waals surface area contributed by atoms with E-state index in [4.69, 9.17) is 0 Å². The quantitative estimate of drug-likeness (QED) is 0.262. The number of imide groups is 2. The highest BCUT2D eigenvalue weighted by atomic mass is 32.2. The van der Waals surface area contributed by atoms with Gasteiger partial charge >= 0.3 is 12.4 Å². The van der Waals surface area contributed by atoms with Gasteiger partial charge in [0.2, 0.25) is 23.6 Å². The number of carbonyl (C=O) groups excluding carboxylic acids is 4. The Morgan fingerprint density at radius 2 is 0.958 bits per heavy atom. The van der Waals surface area contributed by atoms with Crippen molar-refractivity contribution in [2.45, 2.75) is 126 Å². The maximum Gasteiger partial charge on any atom is 0.403 e. The zero-order valence-electron chi connectivity index (χ0n) is 27.2. The summed E-state index contributed by atoms with van der Waals surface area (Å²) in [5.41, 5.74) is -4.22. The van der Waals surface area contributed by atoms with Crippen LogP contribution < -0.4 is 0 Å². The minimum absolute atomic E-state index is 0.217. The molecule has 6 atom stereocenters. The summed E-state index contributed by atoms with van der Waals surface area (Å²) in [7, 11) is -2.25. The van der Waals surface area contributed by atoms with Gasteiger partial charge in [0.15, 0.2) is 15.3 Å². The van der Waals surface area contributed by atoms with Crippen molar-refractivity contribution in [2.75, 3.05) is 7.05 Å². The second-order valence-corrected chi connectivity index (χ2v) is 18.0. The highest BCUT2D eigenvalue weighted by Crippen LogP contribution is 2.67. The lowest BCUT2D eigenvalue weighted by Crippen LogP contribution is -2.61. The zero-order valence-corrected chi connectivity index (χ0v) is 28.0. The summed E-state index contributed by atoms with van der Waals surface area (Å²) in [5.74, 6) is -11.0. The van der Waals surface area contributed by atoms with Crippen molar-refractivity contribution in [1.82, 2.24) is 9.80 Å². The van der Waals surface area contributed by atoms with Crippen LogP contribution in [0.3, 0.4) is 0 Å². The first kappa shape index (κ1) is 35.6. The van der Waals surface area contributed by atoms with Crippen LogP contribution in [0.1, 0.15) is 96.8 Å². The molecule has 0 aromatic rings. The number of carbonyl (C=O) groups is 4. The van der Waals surface area contributed by atoms with E-state index in [0.717, 1.165) is 22.6 Å². The SMILES string of the molecule is CC1CCC(S(=O)(=O)C2CCC(N3C(=O)C4CCC(C(C5CCC6C(=O)N(C)C(=O)C6C5)(C(F)(F)F)C(F)(F)F)CC4C3=O)CC2)CC1. The lowest BCUT2D eigenvalue weighted by Gasteiger charge is -2.52. The molecule has 48 heavy (non-hydrogen) atoms. The van der Waals surface area contributed by atoms with Gasteiger partial charge < -0.3 is 0 Å². The molecule has 6 fully saturated rings. The Morgan fingerprint density at radius 3 is 1.44 bits per heavy atom. The average Bonchev–Trinajstić information content (AvgIpc) is 3.39. The standard InChI is InChI=1S/C33H44F6N2O6S/c1-17-3-9-21(10-4-17)48(46,47)22-11-7-20(8-12-22)41-29(44)24-14-6-19(16-26(24)30(41)45)31(32(34,35)36,33(37,38)39)18-5-13-23-25(15-18)28(43)40(2)27(23)42/h17-26H,3-16H2,1-2H3. The zero-order chi connectivity index (χ0) is 35.1. The Bertz CT molecular complexity index is 1420. The molecule has 0 radical (unpaired) electrons. The van der Waals surface area contributed by atoms with Crippen molar-refractivity contribution in [3.63, 3.8) is 0 Å². The second-order valence-electron chi connectivity index (χ2n) is 15.5. The van der Waals surface area contributed by atoms with E-state index in [9.17, 15) is 27.6 Å². The fourth-order valence-electron chi connectivity index (χ4n) is 10.6. The van der Waals surface area contributed by atoms with Crippen LogP contribution in [0.15, 0.2) is 0 Å². The van der Waals surface area contributed by atoms with Gasteiger partial charge in [0.1, 0.15) is 0 Å². The van der Waals surface area contributed by atoms with E-state index in [-0.39, 0.29) is 38.5 Å². The number of nitrogens with zero attached hydrogens (tertiary/aromatic N) is 2. The van der Waals surface area contributed by atoms with Gasteiger partial charge in [-0.1, -0.05) is 6.92 Å². The van der Waals surface area contributed by atoms with E-state index in [1.54, 1.807) is 0 Å². The number of sulfone groups is 1. The van der Waals surface area contributed by atoms with Crippen molar-refractivity contribution in [2.24, 2.45) is 46.8 Å². The first-order valence-electron chi connectivity index (χ1n) is 17.4. The molecule has 0 bridgehead atoms. The normalized spacial score (nSPS) is 38.8. The van der Waals surface area contributed by atoms with E-state index in [1.165, 1.54) is 7.05 Å². The molecule has 2 aliphatic heterocycles. The molecule has 0 N–H and O–H groups in total. The first-order chi connectivity index (χ1) is 22.3. The maximum absolute atomic E-state index is 15.1. The van der Waals surface area contributed by atoms with Crippen LogP contribution in [0.25, 0.3) is 0 Å². The molecule has 2 saturated heterocycles. The first-order valence-corrected chi connectivity index (χ1v) is 19.0. The number of likely N-dealkylation sites (tertiary alicyclic amines) is 2. The molecule has 270 valence electrons. The fraction of sp³-hybridized carbons (Fsp3) is 0.879. The smallest absolute Gasteiger partial charge is 0.285 e. The largest absolute Gasteiger partial charge is 0.403 e. The van der Waals surface area contributed by atoms with Gasteiger partial charge in [-0.2, -0.15) is 26.3 Å². The van der Waals surface area contributed by atoms with Crippen LogP contribution in [0, 0.1) is 46.8 Å². The average molecular weight is 711 g/mol. The number of rotatable bonds is 5. The molecule has 8 nitrogen and oxygen atoms in total. The predicted molar refractivity (Wildman–Crippen MR) is 159 cm³/mol. The summed E-state index contributed by atoms with van der Waals surface area (Å²) in [4.78, 5) is 54.3. The summed E-state index contributed by atoms with van der Waals surface area (Å²) in [5, 5.41) is -1.03. The van der Waals surface area contributed by atoms with Gasteiger partial charge in [-0.3, -0.25) is 29.0 Å². The van der Waals surface area contributed by atoms with Gasteiger partial charge in [-0.25, -0.2) is 8.42 Å². The third-order valence-corrected chi connectivity index (χ3v) is 16.0. The Hall–Kier alpha value is -2.19. The molecule has 4 aliphatic carbocycles. The molecular weight excluding hydrogens is 666 g/mol. The van der Waals surface area contributed by atoms with Crippen LogP contribution in [-0.4, -0.2) is 77.8 Å². The molecule has 0 spiro atoms. The molecule has 0 aromatic carbocycles. The van der Waals surface area contributed by atoms with E-state index in [1.807, 2.05) is 0 Å². The van der Waals surface area contributed by atoms with Crippen molar-refractivity contribution in [3.05, 3.63) is 0 Å². The Kier molecular flexibility index (Phi) is 9.09. The van der Waals surface area contributed by atoms with E-state index in [0.29, 0.717) is 18.8 Å². The second kappa shape index (κ2) is 12.2. The summed E-state index contributed by atoms with van der Waals surface area (Å²) >= 11 is 0. The maximum atomic E-state index is 15.1. The molecule has 6 unspecified atom stereocenters. The highest BCUT2D eigenvalue weighted by Gasteiger charge is 2.78. The van der Waals surface area contributed by atoms with Crippen molar-refractivity contribution >= 4 is 33.5 Å². The minimum atomic E-state index is -5.77. The van der Waals surface area contributed by atoms with Crippen molar-refractivity contribution in [1.29, 1.82) is 0 Å². The molecule has 6 rings (SSSR count). The van der Waals surface area contributed by atoms with Gasteiger partial charge in [0.05, 0.1) is 34.2 Å². The molecule has 4 saturated carbocycles. The lowest BCUT2D eigenvalue weighted by atomic mass is 9.54. The van der Waals surface area contributed by atoms with Crippen LogP contribution in [0.4, 0.5) is 26.3 Å². The van der Waals surface area contributed by atoms with Crippen LogP contribution in [0.5, 0.6) is 0 Å². The lowest BCUT2D eigenvalue weighted by molar-refractivity contribution is -0.383. The molecule has 15 heteroatoms. The topological polar surface area (TPSA) is 109 Å². The van der Waals surface area contributed by atoms with Gasteiger partial charge in [-0.15, -0.1) is 0 Å². The summed E-state index contributed by atoms with van der Waals surface area (Å²) in [6, 6.07) is -0.653. The van der Waals surface area contributed by atoms with Crippen molar-refractivity contribution < 1.29 is 53.9 Å². The van der Waals surface area contributed by atoms with Crippen molar-refractivity contribution in [3.8, 4) is 0 Å². The monoisotopic (exact) mass is 710 g/mol. The Labute approximate surface area is 276 Å². The van der Waals surface area contributed by atoms with Gasteiger partial charge in [-0.05, 0) is 108 Å². The van der Waals surface area contributed by atoms with E-state index in [2.05, 4.69) is 6.92 Å². The minimum Gasteiger partial charge on any atom is -0.285 e. The van der Waals surface area contributed by atoms with Gasteiger partial charge in [0.25, 0.3) is 0 Å². The number of halogens is 6. The summed E-state index contributed by atoms with van der Waals surface area (Å²) < 4.78 is 117. The number of alkyl halides is 6. The third-order valence-electron chi connectivity index (χ3n) is 13.2. The predicted octanol–water partition coefficient (Wildman–Crippen LogP) is 5.83. The fourth-order valence-corrected chi connectivity index (χ4v) is 13.0. The summed E-state index contributed by atoms with van der Waals surface area (Å²) in [6.07, 6.45) is -11.0. The van der Waals surface area contributed by atoms with E-state index >= 15 is 26.3 Å².